The maximum absolute atomic E-state index is 13.4. The third-order valence-corrected chi connectivity index (χ3v) is 5.64. The summed E-state index contributed by atoms with van der Waals surface area (Å²) in [6.07, 6.45) is 1.75. The number of nitrogens with zero attached hydrogens (tertiary/aromatic N) is 3. The number of amides is 2. The summed E-state index contributed by atoms with van der Waals surface area (Å²) in [5.41, 5.74) is 1.51. The molecule has 1 N–H and O–H groups in total. The molecule has 1 aliphatic heterocycles. The molecule has 1 saturated heterocycles. The summed E-state index contributed by atoms with van der Waals surface area (Å²) >= 11 is 0. The highest BCUT2D eigenvalue weighted by atomic mass is 16.6. The van der Waals surface area contributed by atoms with Gasteiger partial charge in [-0.15, -0.1) is 0 Å². The van der Waals surface area contributed by atoms with Crippen LogP contribution in [0.1, 0.15) is 16.1 Å². The molecule has 1 fully saturated rings. The zero-order valence-electron chi connectivity index (χ0n) is 17.9. The van der Waals surface area contributed by atoms with E-state index in [0.717, 1.165) is 5.56 Å². The second kappa shape index (κ2) is 9.99. The van der Waals surface area contributed by atoms with Gasteiger partial charge in [-0.3, -0.25) is 19.7 Å². The highest BCUT2D eigenvalue weighted by Crippen LogP contribution is 2.28. The van der Waals surface area contributed by atoms with Crippen LogP contribution in [0.5, 0.6) is 0 Å². The van der Waals surface area contributed by atoms with Crippen LogP contribution in [0, 0.1) is 10.1 Å². The lowest BCUT2D eigenvalue weighted by Crippen LogP contribution is -2.55. The molecule has 4 rings (SSSR count). The van der Waals surface area contributed by atoms with Crippen molar-refractivity contribution in [3.63, 3.8) is 0 Å². The second-order valence-electron chi connectivity index (χ2n) is 7.75. The van der Waals surface area contributed by atoms with Crippen molar-refractivity contribution in [2.45, 2.75) is 12.5 Å². The third-order valence-electron chi connectivity index (χ3n) is 5.64. The number of nitrogens with one attached hydrogen (secondary N) is 1. The average Bonchev–Trinajstić information content (AvgIpc) is 3.39. The number of benzene rings is 2. The van der Waals surface area contributed by atoms with Gasteiger partial charge < -0.3 is 19.5 Å². The van der Waals surface area contributed by atoms with Crippen molar-refractivity contribution in [1.82, 2.24) is 10.2 Å². The van der Waals surface area contributed by atoms with Crippen LogP contribution >= 0.6 is 0 Å². The first-order valence-electron chi connectivity index (χ1n) is 10.7. The minimum Gasteiger partial charge on any atom is -0.459 e. The Hall–Kier alpha value is -4.14. The number of anilines is 1. The van der Waals surface area contributed by atoms with Gasteiger partial charge in [0.15, 0.2) is 5.76 Å². The Labute approximate surface area is 190 Å². The van der Waals surface area contributed by atoms with Gasteiger partial charge >= 0.3 is 0 Å². The van der Waals surface area contributed by atoms with Crippen molar-refractivity contribution in [2.75, 3.05) is 31.1 Å². The smallest absolute Gasteiger partial charge is 0.292 e. The number of carbonyl (C=O) groups is 2. The van der Waals surface area contributed by atoms with E-state index in [0.29, 0.717) is 38.3 Å². The van der Waals surface area contributed by atoms with Crippen LogP contribution in [0.4, 0.5) is 11.4 Å². The van der Waals surface area contributed by atoms with Crippen molar-refractivity contribution < 1.29 is 18.9 Å². The highest BCUT2D eigenvalue weighted by molar-refractivity contribution is 5.95. The Balaban J connectivity index is 1.46. The first-order valence-corrected chi connectivity index (χ1v) is 10.7. The van der Waals surface area contributed by atoms with E-state index < -0.39 is 16.9 Å². The molecule has 170 valence electrons. The zero-order valence-corrected chi connectivity index (χ0v) is 17.9. The van der Waals surface area contributed by atoms with E-state index >= 15 is 0 Å². The van der Waals surface area contributed by atoms with E-state index in [1.54, 1.807) is 35.2 Å². The predicted octanol–water partition coefficient (Wildman–Crippen LogP) is 2.88. The fourth-order valence-electron chi connectivity index (χ4n) is 3.96. The molecule has 2 aromatic carbocycles. The van der Waals surface area contributed by atoms with Gasteiger partial charge in [0.1, 0.15) is 11.7 Å². The van der Waals surface area contributed by atoms with Crippen molar-refractivity contribution in [1.29, 1.82) is 0 Å². The summed E-state index contributed by atoms with van der Waals surface area (Å²) in [7, 11) is 0. The standard InChI is InChI=1S/C24H24N4O5/c29-23(22-11-6-16-33-22)25-19(17-18-7-2-1-3-8-18)24(30)27-14-12-26(13-15-27)20-9-4-5-10-21(20)28(31)32/h1-11,16,19H,12-15,17H2,(H,25,29). The fourth-order valence-corrected chi connectivity index (χ4v) is 3.96. The van der Waals surface area contributed by atoms with E-state index in [1.807, 2.05) is 35.2 Å². The quantitative estimate of drug-likeness (QED) is 0.440. The van der Waals surface area contributed by atoms with Gasteiger partial charge in [-0.1, -0.05) is 42.5 Å². The molecular weight excluding hydrogens is 424 g/mol. The Morgan fingerprint density at radius 1 is 0.970 bits per heavy atom. The molecule has 0 saturated carbocycles. The molecule has 9 heteroatoms. The van der Waals surface area contributed by atoms with E-state index in [4.69, 9.17) is 4.42 Å². The minimum absolute atomic E-state index is 0.0462. The Morgan fingerprint density at radius 2 is 1.67 bits per heavy atom. The number of rotatable bonds is 7. The first kappa shape index (κ1) is 22.1. The Bertz CT molecular complexity index is 1110. The van der Waals surface area contributed by atoms with Gasteiger partial charge in [0.2, 0.25) is 5.91 Å². The molecular formula is C24H24N4O5. The van der Waals surface area contributed by atoms with Gasteiger partial charge in [-0.05, 0) is 23.8 Å². The van der Waals surface area contributed by atoms with Crippen LogP contribution < -0.4 is 10.2 Å². The molecule has 1 aliphatic rings. The summed E-state index contributed by atoms with van der Waals surface area (Å²) in [5.74, 6) is -0.504. The average molecular weight is 448 g/mol. The molecule has 0 spiro atoms. The van der Waals surface area contributed by atoms with E-state index in [-0.39, 0.29) is 17.4 Å². The van der Waals surface area contributed by atoms with Gasteiger partial charge in [0, 0.05) is 38.7 Å². The van der Waals surface area contributed by atoms with Crippen LogP contribution in [-0.2, 0) is 11.2 Å². The lowest BCUT2D eigenvalue weighted by molar-refractivity contribution is -0.384. The number of piperazine rings is 1. The van der Waals surface area contributed by atoms with Crippen LogP contribution in [0.2, 0.25) is 0 Å². The SMILES string of the molecule is O=C(NC(Cc1ccccc1)C(=O)N1CCN(c2ccccc2[N+](=O)[O-])CC1)c1ccco1. The molecule has 2 amide bonds. The van der Waals surface area contributed by atoms with Crippen LogP contribution in [0.25, 0.3) is 0 Å². The maximum Gasteiger partial charge on any atom is 0.292 e. The molecule has 0 bridgehead atoms. The second-order valence-corrected chi connectivity index (χ2v) is 7.75. The van der Waals surface area contributed by atoms with Crippen molar-refractivity contribution in [3.8, 4) is 0 Å². The topological polar surface area (TPSA) is 109 Å². The number of furan rings is 1. The predicted molar refractivity (Wildman–Crippen MR) is 122 cm³/mol. The van der Waals surface area contributed by atoms with Gasteiger partial charge in [0.05, 0.1) is 11.2 Å². The summed E-state index contributed by atoms with van der Waals surface area (Å²) < 4.78 is 5.17. The summed E-state index contributed by atoms with van der Waals surface area (Å²) in [6.45, 7) is 1.71. The van der Waals surface area contributed by atoms with E-state index in [9.17, 15) is 19.7 Å². The minimum atomic E-state index is -0.761. The molecule has 1 unspecified atom stereocenters. The van der Waals surface area contributed by atoms with Crippen LogP contribution in [0.15, 0.2) is 77.4 Å². The highest BCUT2D eigenvalue weighted by Gasteiger charge is 2.31. The molecule has 1 aromatic heterocycles. The van der Waals surface area contributed by atoms with Gasteiger partial charge in [-0.2, -0.15) is 0 Å². The third kappa shape index (κ3) is 5.20. The van der Waals surface area contributed by atoms with Gasteiger partial charge in [-0.25, -0.2) is 0 Å². The Kier molecular flexibility index (Phi) is 6.68. The number of hydrogen-bond donors (Lipinski definition) is 1. The fraction of sp³-hybridized carbons (Fsp3) is 0.250. The monoisotopic (exact) mass is 448 g/mol. The first-order chi connectivity index (χ1) is 16.0. The summed E-state index contributed by atoms with van der Waals surface area (Å²) in [4.78, 5) is 40.5. The number of nitro groups is 1. The number of carbonyl (C=O) groups excluding carboxylic acids is 2. The van der Waals surface area contributed by atoms with Crippen molar-refractivity contribution >= 4 is 23.2 Å². The number of nitro benzene ring substituents is 1. The lowest BCUT2D eigenvalue weighted by Gasteiger charge is -2.37. The lowest BCUT2D eigenvalue weighted by atomic mass is 10.0. The van der Waals surface area contributed by atoms with Crippen LogP contribution in [0.3, 0.4) is 0 Å². The maximum atomic E-state index is 13.4. The largest absolute Gasteiger partial charge is 0.459 e. The summed E-state index contributed by atoms with van der Waals surface area (Å²) in [5, 5.41) is 14.2. The zero-order chi connectivity index (χ0) is 23.2. The van der Waals surface area contributed by atoms with Gasteiger partial charge in [0.25, 0.3) is 11.6 Å². The number of hydrogen-bond acceptors (Lipinski definition) is 6. The Morgan fingerprint density at radius 3 is 2.33 bits per heavy atom. The molecule has 9 nitrogen and oxygen atoms in total. The van der Waals surface area contributed by atoms with Crippen molar-refractivity contribution in [2.24, 2.45) is 0 Å². The number of para-hydroxylation sites is 2. The van der Waals surface area contributed by atoms with Crippen LogP contribution in [-0.4, -0.2) is 53.9 Å². The molecule has 3 aromatic rings. The summed E-state index contributed by atoms with van der Waals surface area (Å²) in [6, 6.07) is 18.5. The molecule has 33 heavy (non-hydrogen) atoms. The van der Waals surface area contributed by atoms with Crippen molar-refractivity contribution in [3.05, 3.63) is 94.4 Å². The molecule has 0 aliphatic carbocycles. The normalized spacial score (nSPS) is 14.5. The molecule has 2 heterocycles. The van der Waals surface area contributed by atoms with E-state index in [1.165, 1.54) is 12.3 Å². The van der Waals surface area contributed by atoms with E-state index in [2.05, 4.69) is 5.32 Å². The molecule has 0 radical (unpaired) electrons. The molecule has 1 atom stereocenters.